The molecule has 1 N–H and O–H groups in total. The molecule has 4 aliphatic carbocycles. The first-order valence-electron chi connectivity index (χ1n) is 40.9. The van der Waals surface area contributed by atoms with Crippen molar-refractivity contribution in [1.29, 1.82) is 0 Å². The number of nitrogens with zero attached hydrogens (tertiary/aromatic N) is 1. The van der Waals surface area contributed by atoms with E-state index in [2.05, 4.69) is 427 Å². The van der Waals surface area contributed by atoms with Crippen LogP contribution in [0.1, 0.15) is 44.5 Å². The summed E-state index contributed by atoms with van der Waals surface area (Å²) in [5.41, 5.74) is 34.5. The first-order chi connectivity index (χ1) is 58.9. The number of nitrogens with one attached hydrogen (secondary N) is 1. The molecule has 0 radical (unpaired) electrons. The van der Waals surface area contributed by atoms with E-state index in [1.807, 2.05) is 24.3 Å². The average molecular weight is 1580 g/mol. The highest BCUT2D eigenvalue weighted by Crippen LogP contribution is 2.66. The van der Waals surface area contributed by atoms with Gasteiger partial charge in [0, 0.05) is 48.2 Å². The Labute approximate surface area is 696 Å². The van der Waals surface area contributed by atoms with Crippen molar-refractivity contribution in [2.75, 3.05) is 10.2 Å². The third kappa shape index (κ3) is 10.4. The predicted molar refractivity (Wildman–Crippen MR) is 499 cm³/mol. The lowest BCUT2D eigenvalue weighted by Crippen LogP contribution is -2.25. The fourth-order valence-electron chi connectivity index (χ4n) is 20.7. The second-order valence-corrected chi connectivity index (χ2v) is 32.6. The van der Waals surface area contributed by atoms with Crippen molar-refractivity contribution in [1.82, 2.24) is 0 Å². The molecule has 2 spiro atoms. The number of halogens is 1. The normalized spacial score (nSPS) is 13.1. The van der Waals surface area contributed by atoms with Crippen LogP contribution in [0.5, 0.6) is 0 Å². The maximum Gasteiger partial charge on any atom is 0.159 e. The molecular formula is C114H71BrN2O2. The maximum atomic E-state index is 6.71. The molecule has 0 aliphatic heterocycles. The number of furan rings is 2. The van der Waals surface area contributed by atoms with Crippen LogP contribution in [0.15, 0.2) is 438 Å². The number of hydrogen-bond donors (Lipinski definition) is 1. The molecule has 22 aromatic rings. The minimum atomic E-state index is -0.404. The van der Waals surface area contributed by atoms with Crippen LogP contribution in [0.4, 0.5) is 28.4 Å². The van der Waals surface area contributed by atoms with E-state index < -0.39 is 5.41 Å². The van der Waals surface area contributed by atoms with Gasteiger partial charge in [0.15, 0.2) is 11.2 Å². The quantitative estimate of drug-likeness (QED) is 0.173. The SMILES string of the molecule is Brc1cccc(-c2ccc3c(c2)-c2c(ccc4ccccc24)C32c3ccccc3-c3ccccc32)c1.c1cc(-c2ccc3c(c2)-c2c(ccc4ccccc24)C32c3ccccc3-c3ccccc32)cc(N(c2cccc3ccccc23)c2cccc3c2oc2ccccc23)c1.c1ccc2c(Nc3cccc4c3oc3ccccc34)cccc2c1. The Kier molecular flexibility index (Phi) is 15.6. The van der Waals surface area contributed by atoms with Gasteiger partial charge in [0.1, 0.15) is 11.2 Å². The zero-order valence-electron chi connectivity index (χ0n) is 64.6. The van der Waals surface area contributed by atoms with E-state index >= 15 is 0 Å². The summed E-state index contributed by atoms with van der Waals surface area (Å²) in [5, 5.41) is 18.0. The highest BCUT2D eigenvalue weighted by atomic mass is 79.9. The van der Waals surface area contributed by atoms with E-state index in [9.17, 15) is 0 Å². The average Bonchev–Trinajstić information content (AvgIpc) is 1.51. The molecule has 4 nitrogen and oxygen atoms in total. The molecule has 5 heteroatoms. The van der Waals surface area contributed by atoms with Gasteiger partial charge in [-0.25, -0.2) is 0 Å². The second kappa shape index (κ2) is 27.1. The number of hydrogen-bond acceptors (Lipinski definition) is 4. The Balaban J connectivity index is 0.000000113. The molecule has 0 fully saturated rings. The van der Waals surface area contributed by atoms with Crippen LogP contribution in [0.25, 0.3) is 154 Å². The van der Waals surface area contributed by atoms with Crippen LogP contribution in [0, 0.1) is 0 Å². The zero-order valence-corrected chi connectivity index (χ0v) is 66.1. The molecule has 4 aliphatic rings. The molecular weight excluding hydrogens is 1510 g/mol. The van der Waals surface area contributed by atoms with Crippen molar-refractivity contribution < 1.29 is 8.83 Å². The van der Waals surface area contributed by atoms with Crippen LogP contribution in [0.3, 0.4) is 0 Å². The van der Waals surface area contributed by atoms with E-state index in [0.29, 0.717) is 0 Å². The number of fused-ring (bicyclic) bond motifs is 32. The smallest absolute Gasteiger partial charge is 0.159 e. The van der Waals surface area contributed by atoms with Gasteiger partial charge >= 0.3 is 0 Å². The highest BCUT2D eigenvalue weighted by Gasteiger charge is 2.54. The van der Waals surface area contributed by atoms with Gasteiger partial charge in [0.2, 0.25) is 0 Å². The summed E-state index contributed by atoms with van der Waals surface area (Å²) in [4.78, 5) is 2.38. The molecule has 119 heavy (non-hydrogen) atoms. The van der Waals surface area contributed by atoms with Gasteiger partial charge < -0.3 is 19.1 Å². The second-order valence-electron chi connectivity index (χ2n) is 31.7. The monoisotopic (exact) mass is 1580 g/mol. The first kappa shape index (κ1) is 68.5. The molecule has 556 valence electrons. The molecule has 0 saturated heterocycles. The summed E-state index contributed by atoms with van der Waals surface area (Å²) in [5.74, 6) is 0. The van der Waals surface area contributed by atoms with E-state index in [1.165, 1.54) is 149 Å². The van der Waals surface area contributed by atoms with Gasteiger partial charge in [-0.05, 0) is 216 Å². The number of benzene rings is 20. The van der Waals surface area contributed by atoms with Gasteiger partial charge in [-0.2, -0.15) is 0 Å². The zero-order chi connectivity index (χ0) is 78.4. The summed E-state index contributed by atoms with van der Waals surface area (Å²) in [6, 6.07) is 154. The van der Waals surface area contributed by atoms with Gasteiger partial charge in [-0.15, -0.1) is 0 Å². The lowest BCUT2D eigenvalue weighted by atomic mass is 9.70. The van der Waals surface area contributed by atoms with Crippen LogP contribution in [-0.4, -0.2) is 0 Å². The molecule has 0 unspecified atom stereocenters. The Hall–Kier alpha value is -14.9. The number of rotatable bonds is 7. The third-order valence-corrected chi connectivity index (χ3v) is 26.1. The Morgan fingerprint density at radius 3 is 1.14 bits per heavy atom. The lowest BCUT2D eigenvalue weighted by molar-refractivity contribution is 0.669. The van der Waals surface area contributed by atoms with Crippen molar-refractivity contribution in [2.45, 2.75) is 10.8 Å². The summed E-state index contributed by atoms with van der Waals surface area (Å²) in [6.45, 7) is 0. The maximum absolute atomic E-state index is 6.71. The summed E-state index contributed by atoms with van der Waals surface area (Å²) in [6.07, 6.45) is 0. The van der Waals surface area contributed by atoms with E-state index in [0.717, 1.165) is 82.4 Å². The van der Waals surface area contributed by atoms with Crippen molar-refractivity contribution in [2.24, 2.45) is 0 Å². The van der Waals surface area contributed by atoms with Gasteiger partial charge in [0.25, 0.3) is 0 Å². The standard InChI is InChI=1S/C57H35NO.C35H21Br.C22H15NO/c1-3-19-41-36(14-1)16-12-27-52(41)58(53-28-13-24-46-45-23-7-10-29-54(45)59-56(46)53)40-18-11-17-38(34-40)39-31-32-50-47(35-39)55-42-20-4-2-15-37(42)30-33-51(55)57(50)48-25-8-5-21-43(48)44-22-6-9-26-49(44)57;36-25-10-7-9-23(20-25)24-17-18-32-29(21-24)34-26-11-2-1-8-22(26)16-19-33(34)35(32)30-14-5-3-12-27(30)28-13-4-6-15-31(28)35;1-2-9-16-15(7-1)8-5-12-19(16)23-20-13-6-11-18-17-10-3-4-14-21(17)24-22(18)20/h1-35H;1-21H;1-14,23H. The first-order valence-corrected chi connectivity index (χ1v) is 41.7. The topological polar surface area (TPSA) is 41.6 Å². The largest absolute Gasteiger partial charge is 0.454 e. The van der Waals surface area contributed by atoms with Crippen LogP contribution < -0.4 is 10.2 Å². The van der Waals surface area contributed by atoms with Crippen molar-refractivity contribution in [3.63, 3.8) is 0 Å². The molecule has 0 amide bonds. The minimum Gasteiger partial charge on any atom is -0.454 e. The Morgan fingerprint density at radius 2 is 0.588 bits per heavy atom. The van der Waals surface area contributed by atoms with Crippen molar-refractivity contribution in [3.05, 3.63) is 474 Å². The molecule has 2 heterocycles. The fourth-order valence-corrected chi connectivity index (χ4v) is 21.1. The molecule has 0 bridgehead atoms. The van der Waals surface area contributed by atoms with Crippen LogP contribution in [-0.2, 0) is 10.8 Å². The van der Waals surface area contributed by atoms with E-state index in [1.54, 1.807) is 0 Å². The minimum absolute atomic E-state index is 0.308. The molecule has 0 atom stereocenters. The third-order valence-electron chi connectivity index (χ3n) is 25.6. The van der Waals surface area contributed by atoms with Gasteiger partial charge in [-0.3, -0.25) is 0 Å². The Bertz CT molecular complexity index is 7870. The highest BCUT2D eigenvalue weighted by molar-refractivity contribution is 9.10. The van der Waals surface area contributed by atoms with Crippen molar-refractivity contribution in [3.8, 4) is 66.8 Å². The van der Waals surface area contributed by atoms with Crippen molar-refractivity contribution >= 4 is 131 Å². The summed E-state index contributed by atoms with van der Waals surface area (Å²) in [7, 11) is 0. The number of para-hydroxylation sites is 4. The molecule has 20 aromatic carbocycles. The Morgan fingerprint density at radius 1 is 0.227 bits per heavy atom. The fraction of sp³-hybridized carbons (Fsp3) is 0.0175. The number of anilines is 5. The summed E-state index contributed by atoms with van der Waals surface area (Å²) < 4.78 is 13.9. The van der Waals surface area contributed by atoms with E-state index in [4.69, 9.17) is 8.83 Å². The van der Waals surface area contributed by atoms with Crippen LogP contribution >= 0.6 is 15.9 Å². The van der Waals surface area contributed by atoms with Crippen LogP contribution in [0.2, 0.25) is 0 Å². The van der Waals surface area contributed by atoms with Gasteiger partial charge in [0.05, 0.1) is 27.9 Å². The van der Waals surface area contributed by atoms with Gasteiger partial charge in [-0.1, -0.05) is 368 Å². The predicted octanol–water partition coefficient (Wildman–Crippen LogP) is 31.5. The molecule has 26 rings (SSSR count). The molecule has 2 aromatic heterocycles. The molecule has 0 saturated carbocycles. The summed E-state index contributed by atoms with van der Waals surface area (Å²) >= 11 is 3.66. The van der Waals surface area contributed by atoms with E-state index in [-0.39, 0.29) is 5.41 Å². The lowest BCUT2D eigenvalue weighted by Gasteiger charge is -2.30.